The van der Waals surface area contributed by atoms with Crippen LogP contribution in [0.5, 0.6) is 0 Å². The van der Waals surface area contributed by atoms with Gasteiger partial charge in [0.15, 0.2) is 5.65 Å². The number of anilines is 1. The fourth-order valence-electron chi connectivity index (χ4n) is 5.12. The molecule has 0 aliphatic rings. The van der Waals surface area contributed by atoms with Gasteiger partial charge in [-0.1, -0.05) is 44.2 Å². The lowest BCUT2D eigenvalue weighted by Gasteiger charge is -2.28. The summed E-state index contributed by atoms with van der Waals surface area (Å²) < 4.78 is 29.0. The number of ether oxygens (including phenoxy) is 2. The van der Waals surface area contributed by atoms with Crippen molar-refractivity contribution in [3.05, 3.63) is 83.9 Å². The first-order valence-corrected chi connectivity index (χ1v) is 15.1. The first-order chi connectivity index (χ1) is 21.1. The number of carbonyl (C=O) groups excluding carboxylic acids is 2. The molecule has 0 aliphatic carbocycles. The van der Waals surface area contributed by atoms with Crippen LogP contribution in [0.1, 0.15) is 72.4 Å². The maximum absolute atomic E-state index is 14.3. The number of fused-ring (bicyclic) bond motifs is 2. The van der Waals surface area contributed by atoms with E-state index in [1.807, 2.05) is 79.7 Å². The van der Waals surface area contributed by atoms with Crippen LogP contribution in [-0.2, 0) is 15.9 Å². The Morgan fingerprint density at radius 3 is 2.33 bits per heavy atom. The number of benzene rings is 2. The normalized spacial score (nSPS) is 12.2. The lowest BCUT2D eigenvalue weighted by Crippen LogP contribution is -2.39. The quantitative estimate of drug-likeness (QED) is 0.191. The van der Waals surface area contributed by atoms with Crippen LogP contribution in [0.4, 0.5) is 19.8 Å². The van der Waals surface area contributed by atoms with Crippen LogP contribution in [0, 0.1) is 5.82 Å². The van der Waals surface area contributed by atoms with Gasteiger partial charge in [-0.05, 0) is 77.6 Å². The van der Waals surface area contributed by atoms with Crippen molar-refractivity contribution in [3.8, 4) is 11.3 Å². The molecular formula is C35H40FN5O4. The molecule has 5 rings (SSSR count). The van der Waals surface area contributed by atoms with E-state index in [0.29, 0.717) is 34.7 Å². The Labute approximate surface area is 262 Å². The summed E-state index contributed by atoms with van der Waals surface area (Å²) in [5.41, 5.74) is 2.64. The summed E-state index contributed by atoms with van der Waals surface area (Å²) >= 11 is 0. The number of para-hydroxylation sites is 1. The van der Waals surface area contributed by atoms with Crippen molar-refractivity contribution in [2.24, 2.45) is 0 Å². The van der Waals surface area contributed by atoms with E-state index < -0.39 is 29.2 Å². The van der Waals surface area contributed by atoms with Gasteiger partial charge in [-0.3, -0.25) is 9.47 Å². The lowest BCUT2D eigenvalue weighted by atomic mass is 10.1. The Bertz CT molecular complexity index is 1880. The van der Waals surface area contributed by atoms with Gasteiger partial charge in [-0.2, -0.15) is 9.61 Å². The van der Waals surface area contributed by atoms with Crippen LogP contribution < -0.4 is 4.90 Å². The largest absolute Gasteiger partial charge is 0.443 e. The third-order valence-electron chi connectivity index (χ3n) is 7.10. The average Bonchev–Trinajstić information content (AvgIpc) is 3.53. The van der Waals surface area contributed by atoms with Gasteiger partial charge in [0.25, 0.3) is 0 Å². The van der Waals surface area contributed by atoms with Crippen molar-refractivity contribution in [1.82, 2.24) is 19.2 Å². The number of aromatic nitrogens is 4. The number of amides is 1. The van der Waals surface area contributed by atoms with E-state index in [4.69, 9.17) is 14.5 Å². The number of carbonyl (C=O) groups is 2. The minimum absolute atomic E-state index is 0.0968. The molecule has 9 nitrogen and oxygen atoms in total. The Balaban J connectivity index is 1.62. The average molecular weight is 614 g/mol. The van der Waals surface area contributed by atoms with E-state index in [1.54, 1.807) is 35.1 Å². The topological polar surface area (TPSA) is 91.0 Å². The molecule has 5 aromatic rings. The molecule has 0 spiro atoms. The summed E-state index contributed by atoms with van der Waals surface area (Å²) in [5, 5.41) is 5.49. The highest BCUT2D eigenvalue weighted by atomic mass is 19.1. The van der Waals surface area contributed by atoms with Crippen LogP contribution in [0.3, 0.4) is 0 Å². The van der Waals surface area contributed by atoms with Crippen LogP contribution in [0.25, 0.3) is 27.8 Å². The molecule has 3 aromatic heterocycles. The van der Waals surface area contributed by atoms with Crippen molar-refractivity contribution in [2.45, 2.75) is 78.9 Å². The first-order valence-electron chi connectivity index (χ1n) is 15.1. The van der Waals surface area contributed by atoms with Gasteiger partial charge in [-0.25, -0.2) is 19.0 Å². The fraction of sp³-hybridized carbons (Fsp3) is 0.371. The molecule has 45 heavy (non-hydrogen) atoms. The zero-order valence-electron chi connectivity index (χ0n) is 27.1. The van der Waals surface area contributed by atoms with Crippen molar-refractivity contribution >= 4 is 34.6 Å². The highest BCUT2D eigenvalue weighted by Crippen LogP contribution is 2.31. The second kappa shape index (κ2) is 12.0. The summed E-state index contributed by atoms with van der Waals surface area (Å²) in [6, 6.07) is 15.5. The van der Waals surface area contributed by atoms with Crippen molar-refractivity contribution in [2.75, 3.05) is 11.4 Å². The Morgan fingerprint density at radius 2 is 1.67 bits per heavy atom. The fourth-order valence-corrected chi connectivity index (χ4v) is 5.12. The number of rotatable bonds is 6. The van der Waals surface area contributed by atoms with Crippen LogP contribution in [0.2, 0.25) is 0 Å². The predicted molar refractivity (Wildman–Crippen MR) is 173 cm³/mol. The molecule has 0 fully saturated rings. The molecule has 0 saturated heterocycles. The maximum Gasteiger partial charge on any atom is 0.419 e. The number of hydrogen-bond donors (Lipinski definition) is 0. The van der Waals surface area contributed by atoms with Crippen LogP contribution >= 0.6 is 0 Å². The SMILES string of the molecule is CC(C)c1cnn2c(N(CCc3cn(C(=O)OC(C)(C)C)c4ccccc34)C(=O)OC(C)(C)C)cc(-c3cccc(F)c3)nc12. The van der Waals surface area contributed by atoms with E-state index in [9.17, 15) is 14.0 Å². The third kappa shape index (κ3) is 7.00. The number of nitrogens with zero attached hydrogens (tertiary/aromatic N) is 5. The Morgan fingerprint density at radius 1 is 0.956 bits per heavy atom. The monoisotopic (exact) mass is 613 g/mol. The van der Waals surface area contributed by atoms with E-state index >= 15 is 0 Å². The van der Waals surface area contributed by atoms with Crippen molar-refractivity contribution < 1.29 is 23.5 Å². The Kier molecular flexibility index (Phi) is 8.44. The van der Waals surface area contributed by atoms with Gasteiger partial charge >= 0.3 is 12.2 Å². The van der Waals surface area contributed by atoms with Gasteiger partial charge in [0.05, 0.1) is 17.4 Å². The van der Waals surface area contributed by atoms with Gasteiger partial charge in [0.1, 0.15) is 22.8 Å². The molecule has 0 radical (unpaired) electrons. The minimum atomic E-state index is -0.771. The van der Waals surface area contributed by atoms with E-state index in [-0.39, 0.29) is 12.5 Å². The molecule has 0 saturated carbocycles. The molecule has 0 atom stereocenters. The number of hydrogen-bond acceptors (Lipinski definition) is 6. The molecular weight excluding hydrogens is 573 g/mol. The third-order valence-corrected chi connectivity index (χ3v) is 7.10. The summed E-state index contributed by atoms with van der Waals surface area (Å²) in [6.45, 7) is 15.2. The summed E-state index contributed by atoms with van der Waals surface area (Å²) in [6.07, 6.45) is 2.83. The molecule has 0 bridgehead atoms. The summed E-state index contributed by atoms with van der Waals surface area (Å²) in [7, 11) is 0. The van der Waals surface area contributed by atoms with E-state index in [0.717, 1.165) is 16.5 Å². The minimum Gasteiger partial charge on any atom is -0.443 e. The van der Waals surface area contributed by atoms with Gasteiger partial charge in [0, 0.05) is 35.3 Å². The predicted octanol–water partition coefficient (Wildman–Crippen LogP) is 8.38. The molecule has 0 aliphatic heterocycles. The van der Waals surface area contributed by atoms with Gasteiger partial charge in [0.2, 0.25) is 0 Å². The maximum atomic E-state index is 14.3. The van der Waals surface area contributed by atoms with E-state index in [1.165, 1.54) is 21.6 Å². The first kappa shape index (κ1) is 31.7. The standard InChI is InChI=1S/C35H40FN5O4/c1-22(2)27-20-37-41-30(19-28(38-31(27)41)23-12-11-13-25(36)18-23)39(32(42)44-34(3,4)5)17-16-24-21-40(33(43)45-35(6,7)8)29-15-10-9-14-26(24)29/h9-15,18-22H,16-17H2,1-8H3. The molecule has 0 N–H and O–H groups in total. The van der Waals surface area contributed by atoms with Gasteiger partial charge in [-0.15, -0.1) is 0 Å². The molecule has 236 valence electrons. The highest BCUT2D eigenvalue weighted by Gasteiger charge is 2.28. The van der Waals surface area contributed by atoms with Crippen LogP contribution in [0.15, 0.2) is 67.0 Å². The molecule has 3 heterocycles. The smallest absolute Gasteiger partial charge is 0.419 e. The second-order valence-electron chi connectivity index (χ2n) is 13.4. The zero-order chi connectivity index (χ0) is 32.7. The zero-order valence-corrected chi connectivity index (χ0v) is 27.1. The molecule has 1 amide bonds. The summed E-state index contributed by atoms with van der Waals surface area (Å²) in [4.78, 5) is 33.4. The van der Waals surface area contributed by atoms with E-state index in [2.05, 4.69) is 5.10 Å². The van der Waals surface area contributed by atoms with Crippen molar-refractivity contribution in [3.63, 3.8) is 0 Å². The molecule has 2 aromatic carbocycles. The van der Waals surface area contributed by atoms with Crippen LogP contribution in [-0.4, -0.2) is 49.1 Å². The number of halogens is 1. The highest BCUT2D eigenvalue weighted by molar-refractivity contribution is 5.93. The molecule has 0 unspecified atom stereocenters. The van der Waals surface area contributed by atoms with Crippen molar-refractivity contribution in [1.29, 1.82) is 0 Å². The summed E-state index contributed by atoms with van der Waals surface area (Å²) in [5.74, 6) is 0.134. The van der Waals surface area contributed by atoms with Gasteiger partial charge < -0.3 is 9.47 Å². The molecule has 10 heteroatoms. The lowest BCUT2D eigenvalue weighted by molar-refractivity contribution is 0.0540. The second-order valence-corrected chi connectivity index (χ2v) is 13.4. The Hall–Kier alpha value is -4.73.